The van der Waals surface area contributed by atoms with Crippen LogP contribution in [0.5, 0.6) is 0 Å². The highest BCUT2D eigenvalue weighted by Crippen LogP contribution is 2.17. The number of hydrogen-bond donors (Lipinski definition) is 2. The van der Waals surface area contributed by atoms with E-state index in [-0.39, 0.29) is 18.5 Å². The molecule has 2 amide bonds. The zero-order valence-corrected chi connectivity index (χ0v) is 10.3. The monoisotopic (exact) mass is 247 g/mol. The van der Waals surface area contributed by atoms with E-state index in [0.717, 1.165) is 0 Å². The molecule has 0 radical (unpaired) electrons. The Morgan fingerprint density at radius 1 is 1.39 bits per heavy atom. The van der Waals surface area contributed by atoms with Crippen LogP contribution < -0.4 is 11.1 Å². The average Bonchev–Trinajstić information content (AvgIpc) is 2.36. The van der Waals surface area contributed by atoms with E-state index in [4.69, 9.17) is 5.73 Å². The van der Waals surface area contributed by atoms with Crippen molar-refractivity contribution in [2.45, 2.75) is 19.0 Å². The smallest absolute Gasteiger partial charge is 0.240 e. The molecule has 1 unspecified atom stereocenters. The Balaban J connectivity index is 2.04. The fraction of sp³-hybridized carbons (Fsp3) is 0.385. The second-order valence-electron chi connectivity index (χ2n) is 4.57. The van der Waals surface area contributed by atoms with Crippen LogP contribution in [0.4, 0.5) is 0 Å². The van der Waals surface area contributed by atoms with Gasteiger partial charge in [0.15, 0.2) is 0 Å². The van der Waals surface area contributed by atoms with Crippen LogP contribution in [0, 0.1) is 0 Å². The van der Waals surface area contributed by atoms with Crippen molar-refractivity contribution in [1.82, 2.24) is 10.2 Å². The third kappa shape index (κ3) is 2.68. The maximum atomic E-state index is 12.1. The maximum Gasteiger partial charge on any atom is 0.240 e. The van der Waals surface area contributed by atoms with Gasteiger partial charge in [0.1, 0.15) is 0 Å². The van der Waals surface area contributed by atoms with E-state index in [2.05, 4.69) is 11.4 Å². The van der Waals surface area contributed by atoms with Crippen LogP contribution in [-0.4, -0.2) is 36.3 Å². The molecule has 5 heteroatoms. The molecule has 5 nitrogen and oxygen atoms in total. The van der Waals surface area contributed by atoms with Gasteiger partial charge in [-0.3, -0.25) is 9.59 Å². The number of nitrogens with two attached hydrogens (primary N) is 1. The number of rotatable bonds is 3. The molecule has 0 bridgehead atoms. The summed E-state index contributed by atoms with van der Waals surface area (Å²) in [6, 6.07) is 7.77. The fourth-order valence-electron chi connectivity index (χ4n) is 2.21. The summed E-state index contributed by atoms with van der Waals surface area (Å²) < 4.78 is 0. The predicted octanol–water partition coefficient (Wildman–Crippen LogP) is -0.355. The van der Waals surface area contributed by atoms with E-state index in [1.165, 1.54) is 16.0 Å². The Kier molecular flexibility index (Phi) is 3.62. The lowest BCUT2D eigenvalue weighted by Crippen LogP contribution is -2.49. The first-order chi connectivity index (χ1) is 8.58. The Labute approximate surface area is 106 Å². The molecular formula is C13H17N3O2. The van der Waals surface area contributed by atoms with Crippen molar-refractivity contribution >= 4 is 11.8 Å². The SMILES string of the molecule is CN(CC(N)=O)C(=O)C1Cc2ccccc2CN1. The highest BCUT2D eigenvalue weighted by molar-refractivity contribution is 5.87. The van der Waals surface area contributed by atoms with E-state index >= 15 is 0 Å². The second-order valence-corrected chi connectivity index (χ2v) is 4.57. The molecule has 0 aliphatic carbocycles. The van der Waals surface area contributed by atoms with Gasteiger partial charge in [-0.2, -0.15) is 0 Å². The van der Waals surface area contributed by atoms with Crippen LogP contribution in [0.3, 0.4) is 0 Å². The van der Waals surface area contributed by atoms with Gasteiger partial charge in [0.25, 0.3) is 0 Å². The summed E-state index contributed by atoms with van der Waals surface area (Å²) in [7, 11) is 1.59. The molecule has 1 atom stereocenters. The summed E-state index contributed by atoms with van der Waals surface area (Å²) in [6.45, 7) is 0.635. The molecule has 18 heavy (non-hydrogen) atoms. The van der Waals surface area contributed by atoms with Gasteiger partial charge in [-0.15, -0.1) is 0 Å². The highest BCUT2D eigenvalue weighted by atomic mass is 16.2. The summed E-state index contributed by atoms with van der Waals surface area (Å²) in [5.74, 6) is -0.592. The topological polar surface area (TPSA) is 75.4 Å². The molecule has 0 saturated heterocycles. The molecule has 1 aliphatic rings. The molecular weight excluding hydrogens is 230 g/mol. The largest absolute Gasteiger partial charge is 0.368 e. The first-order valence-corrected chi connectivity index (χ1v) is 5.91. The number of primary amides is 1. The van der Waals surface area contributed by atoms with E-state index in [0.29, 0.717) is 13.0 Å². The van der Waals surface area contributed by atoms with Gasteiger partial charge in [-0.05, 0) is 17.5 Å². The predicted molar refractivity (Wildman–Crippen MR) is 67.6 cm³/mol. The minimum Gasteiger partial charge on any atom is -0.368 e. The summed E-state index contributed by atoms with van der Waals surface area (Å²) in [5, 5.41) is 3.19. The van der Waals surface area contributed by atoms with Gasteiger partial charge in [-0.25, -0.2) is 0 Å². The molecule has 2 rings (SSSR count). The van der Waals surface area contributed by atoms with Crippen LogP contribution in [0.2, 0.25) is 0 Å². The molecule has 1 aromatic carbocycles. The Hall–Kier alpha value is -1.88. The van der Waals surface area contributed by atoms with Crippen molar-refractivity contribution in [3.63, 3.8) is 0 Å². The number of nitrogens with zero attached hydrogens (tertiary/aromatic N) is 1. The van der Waals surface area contributed by atoms with Crippen LogP contribution in [-0.2, 0) is 22.6 Å². The molecule has 0 saturated carbocycles. The van der Waals surface area contributed by atoms with Crippen LogP contribution in [0.15, 0.2) is 24.3 Å². The summed E-state index contributed by atoms with van der Waals surface area (Å²) in [5.41, 5.74) is 7.49. The van der Waals surface area contributed by atoms with Gasteiger partial charge >= 0.3 is 0 Å². The van der Waals surface area contributed by atoms with Crippen molar-refractivity contribution in [2.24, 2.45) is 5.73 Å². The lowest BCUT2D eigenvalue weighted by atomic mass is 9.95. The second kappa shape index (κ2) is 5.18. The Morgan fingerprint density at radius 2 is 2.06 bits per heavy atom. The summed E-state index contributed by atoms with van der Waals surface area (Å²) >= 11 is 0. The van der Waals surface area contributed by atoms with Crippen molar-refractivity contribution in [3.8, 4) is 0 Å². The molecule has 96 valence electrons. The number of fused-ring (bicyclic) bond motifs is 1. The van der Waals surface area contributed by atoms with Crippen LogP contribution in [0.25, 0.3) is 0 Å². The molecule has 0 fully saturated rings. The number of carbonyl (C=O) groups excluding carboxylic acids is 2. The zero-order chi connectivity index (χ0) is 13.1. The van der Waals surface area contributed by atoms with Crippen LogP contribution in [0.1, 0.15) is 11.1 Å². The lowest BCUT2D eigenvalue weighted by molar-refractivity contribution is -0.135. The minimum atomic E-state index is -0.498. The van der Waals surface area contributed by atoms with Gasteiger partial charge in [-0.1, -0.05) is 24.3 Å². The standard InChI is InChI=1S/C13H17N3O2/c1-16(8-12(14)17)13(18)11-6-9-4-2-3-5-10(9)7-15-11/h2-5,11,15H,6-8H2,1H3,(H2,14,17). The molecule has 1 aliphatic heterocycles. The lowest BCUT2D eigenvalue weighted by Gasteiger charge is -2.28. The fourth-order valence-corrected chi connectivity index (χ4v) is 2.21. The van der Waals surface area contributed by atoms with Gasteiger partial charge in [0.05, 0.1) is 12.6 Å². The molecule has 0 aromatic heterocycles. The van der Waals surface area contributed by atoms with Crippen molar-refractivity contribution in [1.29, 1.82) is 0 Å². The van der Waals surface area contributed by atoms with Gasteiger partial charge < -0.3 is 16.0 Å². The van der Waals surface area contributed by atoms with Crippen molar-refractivity contribution in [3.05, 3.63) is 35.4 Å². The average molecular weight is 247 g/mol. The van der Waals surface area contributed by atoms with Crippen molar-refractivity contribution < 1.29 is 9.59 Å². The number of hydrogen-bond acceptors (Lipinski definition) is 3. The first kappa shape index (κ1) is 12.6. The molecule has 1 aromatic rings. The van der Waals surface area contributed by atoms with E-state index < -0.39 is 5.91 Å². The number of amides is 2. The third-order valence-electron chi connectivity index (χ3n) is 3.15. The third-order valence-corrected chi connectivity index (χ3v) is 3.15. The van der Waals surface area contributed by atoms with Gasteiger partial charge in [0.2, 0.25) is 11.8 Å². The summed E-state index contributed by atoms with van der Waals surface area (Å²) in [6.07, 6.45) is 0.651. The van der Waals surface area contributed by atoms with E-state index in [1.54, 1.807) is 7.05 Å². The van der Waals surface area contributed by atoms with Gasteiger partial charge in [0, 0.05) is 13.6 Å². The number of carbonyl (C=O) groups is 2. The number of benzene rings is 1. The van der Waals surface area contributed by atoms with Crippen molar-refractivity contribution in [2.75, 3.05) is 13.6 Å². The molecule has 3 N–H and O–H groups in total. The quantitative estimate of drug-likeness (QED) is 0.766. The van der Waals surface area contributed by atoms with Crippen LogP contribution >= 0.6 is 0 Å². The number of nitrogens with one attached hydrogen (secondary N) is 1. The maximum absolute atomic E-state index is 12.1. The normalized spacial score (nSPS) is 17.9. The Bertz CT molecular complexity index is 473. The van der Waals surface area contributed by atoms with E-state index in [9.17, 15) is 9.59 Å². The Morgan fingerprint density at radius 3 is 2.72 bits per heavy atom. The summed E-state index contributed by atoms with van der Waals surface area (Å²) in [4.78, 5) is 24.3. The number of likely N-dealkylation sites (N-methyl/N-ethyl adjacent to an activating group) is 1. The molecule has 0 spiro atoms. The molecule has 1 heterocycles. The highest BCUT2D eigenvalue weighted by Gasteiger charge is 2.26. The van der Waals surface area contributed by atoms with E-state index in [1.807, 2.05) is 18.2 Å². The minimum absolute atomic E-state index is 0.0430. The first-order valence-electron chi connectivity index (χ1n) is 5.91. The zero-order valence-electron chi connectivity index (χ0n) is 10.3.